The standard InChI is InChI=1S/C17H13NO4/c19-16-10-22-15-8-5-12(9-14(15)18-16)2-1-11-3-6-13(7-4-11)17(20)21/h1-9H,10H2,(H,18,19)(H,20,21). The molecule has 22 heavy (non-hydrogen) atoms. The zero-order chi connectivity index (χ0) is 15.5. The van der Waals surface area contributed by atoms with E-state index in [0.717, 1.165) is 11.1 Å². The molecule has 1 heterocycles. The minimum Gasteiger partial charge on any atom is -0.482 e. The molecule has 0 spiro atoms. The number of carbonyl (C=O) groups is 2. The summed E-state index contributed by atoms with van der Waals surface area (Å²) in [5.41, 5.74) is 2.71. The van der Waals surface area contributed by atoms with Crippen LogP contribution in [0.4, 0.5) is 5.69 Å². The number of carboxylic acids is 1. The van der Waals surface area contributed by atoms with Crippen molar-refractivity contribution in [2.24, 2.45) is 0 Å². The quantitative estimate of drug-likeness (QED) is 0.854. The van der Waals surface area contributed by atoms with Crippen LogP contribution in [0.15, 0.2) is 42.5 Å². The molecule has 1 aliphatic heterocycles. The van der Waals surface area contributed by atoms with Gasteiger partial charge in [-0.3, -0.25) is 4.79 Å². The third-order valence-corrected chi connectivity index (χ3v) is 3.26. The average Bonchev–Trinajstić information content (AvgIpc) is 2.53. The van der Waals surface area contributed by atoms with Crippen molar-refractivity contribution in [3.63, 3.8) is 0 Å². The SMILES string of the molecule is O=C1COc2ccc(C=Cc3ccc(C(=O)O)cc3)cc2N1. The Hall–Kier alpha value is -3.08. The highest BCUT2D eigenvalue weighted by atomic mass is 16.5. The van der Waals surface area contributed by atoms with E-state index in [1.165, 1.54) is 0 Å². The lowest BCUT2D eigenvalue weighted by Gasteiger charge is -2.17. The summed E-state index contributed by atoms with van der Waals surface area (Å²) in [4.78, 5) is 22.1. The Bertz CT molecular complexity index is 763. The summed E-state index contributed by atoms with van der Waals surface area (Å²) in [5.74, 6) is -0.457. The molecule has 110 valence electrons. The highest BCUT2D eigenvalue weighted by Gasteiger charge is 2.15. The zero-order valence-corrected chi connectivity index (χ0v) is 11.6. The first-order chi connectivity index (χ1) is 10.6. The van der Waals surface area contributed by atoms with Crippen LogP contribution in [0.1, 0.15) is 21.5 Å². The van der Waals surface area contributed by atoms with E-state index in [-0.39, 0.29) is 18.1 Å². The summed E-state index contributed by atoms with van der Waals surface area (Å²) in [6.07, 6.45) is 3.76. The number of ether oxygens (including phenoxy) is 1. The molecule has 2 N–H and O–H groups in total. The number of rotatable bonds is 3. The van der Waals surface area contributed by atoms with Gasteiger partial charge in [0.2, 0.25) is 0 Å². The van der Waals surface area contributed by atoms with Gasteiger partial charge >= 0.3 is 5.97 Å². The van der Waals surface area contributed by atoms with Crippen molar-refractivity contribution in [3.8, 4) is 5.75 Å². The maximum absolute atomic E-state index is 11.3. The van der Waals surface area contributed by atoms with Gasteiger partial charge in [-0.15, -0.1) is 0 Å². The van der Waals surface area contributed by atoms with Crippen LogP contribution < -0.4 is 10.1 Å². The van der Waals surface area contributed by atoms with Gasteiger partial charge < -0.3 is 15.2 Å². The summed E-state index contributed by atoms with van der Waals surface area (Å²) in [5, 5.41) is 11.6. The van der Waals surface area contributed by atoms with Gasteiger partial charge in [-0.1, -0.05) is 30.4 Å². The largest absolute Gasteiger partial charge is 0.482 e. The van der Waals surface area contributed by atoms with Gasteiger partial charge in [-0.25, -0.2) is 4.79 Å². The summed E-state index contributed by atoms with van der Waals surface area (Å²) in [6.45, 7) is 0.0398. The molecule has 2 aromatic carbocycles. The number of amides is 1. The molecule has 0 fully saturated rings. The van der Waals surface area contributed by atoms with Gasteiger partial charge in [0.1, 0.15) is 5.75 Å². The first-order valence-electron chi connectivity index (χ1n) is 6.70. The van der Waals surface area contributed by atoms with E-state index in [9.17, 15) is 9.59 Å². The highest BCUT2D eigenvalue weighted by Crippen LogP contribution is 2.29. The monoisotopic (exact) mass is 295 g/mol. The van der Waals surface area contributed by atoms with Gasteiger partial charge in [0, 0.05) is 0 Å². The van der Waals surface area contributed by atoms with Crippen molar-refractivity contribution >= 4 is 29.7 Å². The first-order valence-corrected chi connectivity index (χ1v) is 6.70. The zero-order valence-electron chi connectivity index (χ0n) is 11.6. The topological polar surface area (TPSA) is 75.6 Å². The van der Waals surface area contributed by atoms with Gasteiger partial charge in [-0.2, -0.15) is 0 Å². The number of aromatic carboxylic acids is 1. The minimum atomic E-state index is -0.944. The molecule has 3 rings (SSSR count). The Morgan fingerprint density at radius 3 is 2.50 bits per heavy atom. The Kier molecular flexibility index (Phi) is 3.62. The second kappa shape index (κ2) is 5.73. The molecule has 0 saturated carbocycles. The number of nitrogens with one attached hydrogen (secondary N) is 1. The second-order valence-corrected chi connectivity index (χ2v) is 4.85. The Morgan fingerprint density at radius 2 is 1.77 bits per heavy atom. The van der Waals surface area contributed by atoms with Crippen molar-refractivity contribution in [3.05, 3.63) is 59.2 Å². The maximum atomic E-state index is 11.3. The number of hydrogen-bond donors (Lipinski definition) is 2. The predicted molar refractivity (Wildman–Crippen MR) is 82.9 cm³/mol. The Balaban J connectivity index is 1.79. The molecule has 0 bridgehead atoms. The van der Waals surface area contributed by atoms with E-state index >= 15 is 0 Å². The number of hydrogen-bond acceptors (Lipinski definition) is 3. The molecule has 5 nitrogen and oxygen atoms in total. The number of benzene rings is 2. The van der Waals surface area contributed by atoms with Crippen LogP contribution in [0.2, 0.25) is 0 Å². The van der Waals surface area contributed by atoms with E-state index in [4.69, 9.17) is 9.84 Å². The van der Waals surface area contributed by atoms with Crippen LogP contribution in [0.25, 0.3) is 12.2 Å². The molecule has 1 amide bonds. The lowest BCUT2D eigenvalue weighted by molar-refractivity contribution is -0.118. The molecule has 0 aliphatic carbocycles. The lowest BCUT2D eigenvalue weighted by atomic mass is 10.1. The first kappa shape index (κ1) is 13.9. The van der Waals surface area contributed by atoms with Crippen LogP contribution in [0.3, 0.4) is 0 Å². The maximum Gasteiger partial charge on any atom is 0.335 e. The molecule has 2 aromatic rings. The third kappa shape index (κ3) is 2.98. The lowest BCUT2D eigenvalue weighted by Crippen LogP contribution is -2.25. The molecular formula is C17H13NO4. The van der Waals surface area contributed by atoms with Crippen LogP contribution in [0, 0.1) is 0 Å². The van der Waals surface area contributed by atoms with E-state index in [2.05, 4.69) is 5.32 Å². The van der Waals surface area contributed by atoms with Crippen molar-refractivity contribution in [2.45, 2.75) is 0 Å². The second-order valence-electron chi connectivity index (χ2n) is 4.85. The van der Waals surface area contributed by atoms with Gasteiger partial charge in [0.05, 0.1) is 11.3 Å². The van der Waals surface area contributed by atoms with E-state index in [0.29, 0.717) is 11.4 Å². The van der Waals surface area contributed by atoms with E-state index in [1.807, 2.05) is 30.4 Å². The van der Waals surface area contributed by atoms with Gasteiger partial charge in [-0.05, 0) is 35.4 Å². The molecule has 0 atom stereocenters. The number of fused-ring (bicyclic) bond motifs is 1. The number of carboxylic acid groups (broad SMARTS) is 1. The molecule has 5 heteroatoms. The smallest absolute Gasteiger partial charge is 0.335 e. The van der Waals surface area contributed by atoms with Crippen LogP contribution in [-0.4, -0.2) is 23.6 Å². The summed E-state index contributed by atoms with van der Waals surface area (Å²) >= 11 is 0. The Labute approximate surface area is 126 Å². The fraction of sp³-hybridized carbons (Fsp3) is 0.0588. The van der Waals surface area contributed by atoms with Crippen molar-refractivity contribution in [2.75, 3.05) is 11.9 Å². The predicted octanol–water partition coefficient (Wildman–Crippen LogP) is 2.89. The Morgan fingerprint density at radius 1 is 1.09 bits per heavy atom. The summed E-state index contributed by atoms with van der Waals surface area (Å²) < 4.78 is 5.30. The van der Waals surface area contributed by atoms with Gasteiger partial charge in [0.15, 0.2) is 6.61 Å². The van der Waals surface area contributed by atoms with Crippen LogP contribution >= 0.6 is 0 Å². The van der Waals surface area contributed by atoms with Crippen molar-refractivity contribution < 1.29 is 19.4 Å². The van der Waals surface area contributed by atoms with E-state index < -0.39 is 5.97 Å². The molecular weight excluding hydrogens is 282 g/mol. The van der Waals surface area contributed by atoms with Gasteiger partial charge in [0.25, 0.3) is 5.91 Å². The minimum absolute atomic E-state index is 0.0398. The molecule has 0 radical (unpaired) electrons. The molecule has 0 unspecified atom stereocenters. The summed E-state index contributed by atoms with van der Waals surface area (Å²) in [7, 11) is 0. The number of anilines is 1. The molecule has 1 aliphatic rings. The van der Waals surface area contributed by atoms with Crippen molar-refractivity contribution in [1.29, 1.82) is 0 Å². The van der Waals surface area contributed by atoms with Crippen LogP contribution in [-0.2, 0) is 4.79 Å². The number of carbonyl (C=O) groups excluding carboxylic acids is 1. The van der Waals surface area contributed by atoms with Crippen LogP contribution in [0.5, 0.6) is 5.75 Å². The molecule has 0 saturated heterocycles. The van der Waals surface area contributed by atoms with E-state index in [1.54, 1.807) is 24.3 Å². The van der Waals surface area contributed by atoms with Crippen molar-refractivity contribution in [1.82, 2.24) is 0 Å². The fourth-order valence-corrected chi connectivity index (χ4v) is 2.13. The highest BCUT2D eigenvalue weighted by molar-refractivity contribution is 5.96. The summed E-state index contributed by atoms with van der Waals surface area (Å²) in [6, 6.07) is 12.1. The molecule has 0 aromatic heterocycles. The normalized spacial score (nSPS) is 13.4. The third-order valence-electron chi connectivity index (χ3n) is 3.26. The fourth-order valence-electron chi connectivity index (χ4n) is 2.13. The average molecular weight is 295 g/mol.